The summed E-state index contributed by atoms with van der Waals surface area (Å²) in [7, 11) is 0. The molecule has 0 saturated heterocycles. The number of anilines is 1. The number of hydrogen-bond donors (Lipinski definition) is 2. The Morgan fingerprint density at radius 2 is 1.97 bits per heavy atom. The van der Waals surface area contributed by atoms with E-state index < -0.39 is 0 Å². The number of rotatable bonds is 6. The van der Waals surface area contributed by atoms with Gasteiger partial charge in [0.1, 0.15) is 6.54 Å². The third-order valence-corrected chi connectivity index (χ3v) is 5.25. The van der Waals surface area contributed by atoms with Gasteiger partial charge in [-0.05, 0) is 48.2 Å². The maximum Gasteiger partial charge on any atom is 0.246 e. The smallest absolute Gasteiger partial charge is 0.246 e. The van der Waals surface area contributed by atoms with Crippen molar-refractivity contribution in [3.63, 3.8) is 0 Å². The summed E-state index contributed by atoms with van der Waals surface area (Å²) in [4.78, 5) is 19.4. The molecule has 4 rings (SSSR count). The van der Waals surface area contributed by atoms with Crippen LogP contribution in [0.25, 0.3) is 0 Å². The molecule has 1 aromatic heterocycles. The van der Waals surface area contributed by atoms with Crippen molar-refractivity contribution in [2.24, 2.45) is 4.99 Å². The summed E-state index contributed by atoms with van der Waals surface area (Å²) in [6.07, 6.45) is 4.46. The van der Waals surface area contributed by atoms with Crippen molar-refractivity contribution in [1.82, 2.24) is 20.0 Å². The van der Waals surface area contributed by atoms with Crippen molar-refractivity contribution >= 4 is 41.5 Å². The molecule has 1 aliphatic rings. The van der Waals surface area contributed by atoms with Crippen LogP contribution in [0.15, 0.2) is 72.0 Å². The predicted molar refractivity (Wildman–Crippen MR) is 138 cm³/mol. The van der Waals surface area contributed by atoms with Crippen LogP contribution in [0.3, 0.4) is 0 Å². The van der Waals surface area contributed by atoms with Gasteiger partial charge in [-0.2, -0.15) is 5.10 Å². The van der Waals surface area contributed by atoms with Crippen molar-refractivity contribution in [2.45, 2.75) is 33.0 Å². The second-order valence-electron chi connectivity index (χ2n) is 7.56. The number of aliphatic imine (C=N–C) groups is 1. The molecule has 168 valence electrons. The molecule has 7 nitrogen and oxygen atoms in total. The van der Waals surface area contributed by atoms with Crippen molar-refractivity contribution < 1.29 is 4.79 Å². The maximum atomic E-state index is 12.2. The van der Waals surface area contributed by atoms with Crippen molar-refractivity contribution in [3.05, 3.63) is 83.7 Å². The zero-order valence-corrected chi connectivity index (χ0v) is 20.5. The van der Waals surface area contributed by atoms with Crippen LogP contribution in [0.5, 0.6) is 0 Å². The number of benzene rings is 2. The van der Waals surface area contributed by atoms with E-state index in [4.69, 9.17) is 4.99 Å². The molecule has 8 heteroatoms. The minimum Gasteiger partial charge on any atom is -0.356 e. The lowest BCUT2D eigenvalue weighted by atomic mass is 10.0. The Morgan fingerprint density at radius 1 is 1.12 bits per heavy atom. The number of amides is 1. The Bertz CT molecular complexity index is 1050. The second-order valence-corrected chi connectivity index (χ2v) is 7.56. The molecule has 2 heterocycles. The molecule has 3 aromatic rings. The Morgan fingerprint density at radius 3 is 2.75 bits per heavy atom. The van der Waals surface area contributed by atoms with E-state index in [2.05, 4.69) is 51.8 Å². The first-order valence-corrected chi connectivity index (χ1v) is 10.7. The highest BCUT2D eigenvalue weighted by Gasteiger charge is 2.18. The van der Waals surface area contributed by atoms with Crippen LogP contribution in [-0.2, 0) is 30.8 Å². The van der Waals surface area contributed by atoms with Gasteiger partial charge in [0.05, 0.1) is 6.54 Å². The molecule has 0 bridgehead atoms. The third kappa shape index (κ3) is 6.32. The Balaban J connectivity index is 0.00000289. The van der Waals surface area contributed by atoms with E-state index in [0.717, 1.165) is 43.3 Å². The lowest BCUT2D eigenvalue weighted by Gasteiger charge is -2.31. The molecule has 0 radical (unpaired) electrons. The highest BCUT2D eigenvalue weighted by molar-refractivity contribution is 14.0. The summed E-state index contributed by atoms with van der Waals surface area (Å²) in [6, 6.07) is 18.2. The van der Waals surface area contributed by atoms with Crippen LogP contribution < -0.4 is 10.6 Å². The van der Waals surface area contributed by atoms with Gasteiger partial charge < -0.3 is 15.5 Å². The Labute approximate surface area is 205 Å². The van der Waals surface area contributed by atoms with Crippen LogP contribution in [0.1, 0.15) is 23.6 Å². The summed E-state index contributed by atoms with van der Waals surface area (Å²) in [6.45, 7) is 5.46. The number of carbonyl (C=O) groups excluding carboxylic acids is 1. The molecular weight excluding hydrogens is 515 g/mol. The van der Waals surface area contributed by atoms with E-state index in [1.807, 2.05) is 24.3 Å². The van der Waals surface area contributed by atoms with Crippen molar-refractivity contribution in [2.75, 3.05) is 18.4 Å². The van der Waals surface area contributed by atoms with Crippen LogP contribution >= 0.6 is 24.0 Å². The molecule has 32 heavy (non-hydrogen) atoms. The number of aromatic nitrogens is 2. The summed E-state index contributed by atoms with van der Waals surface area (Å²) in [5, 5.41) is 10.4. The molecule has 0 unspecified atom stereocenters. The topological polar surface area (TPSA) is 74.5 Å². The standard InChI is InChI=1S/C24H28N6O.HI/c1-2-25-24(29-14-11-20-8-3-4-9-21(20)17-29)26-16-19-7-5-10-22(15-19)28-23(31)18-30-13-6-12-27-30;/h3-10,12-13,15H,2,11,14,16-18H2,1H3,(H,25,26)(H,28,31);1H. The van der Waals surface area contributed by atoms with Gasteiger partial charge in [-0.1, -0.05) is 36.4 Å². The lowest BCUT2D eigenvalue weighted by molar-refractivity contribution is -0.116. The first-order chi connectivity index (χ1) is 15.2. The minimum atomic E-state index is -0.107. The first kappa shape index (κ1) is 23.8. The van der Waals surface area contributed by atoms with Crippen molar-refractivity contribution in [1.29, 1.82) is 0 Å². The monoisotopic (exact) mass is 544 g/mol. The molecule has 0 fully saturated rings. The van der Waals surface area contributed by atoms with Gasteiger partial charge in [-0.25, -0.2) is 4.99 Å². The number of carbonyl (C=O) groups is 1. The Kier molecular flexibility index (Phi) is 8.66. The van der Waals surface area contributed by atoms with Gasteiger partial charge in [0.2, 0.25) is 5.91 Å². The number of nitrogens with zero attached hydrogens (tertiary/aromatic N) is 4. The van der Waals surface area contributed by atoms with E-state index >= 15 is 0 Å². The molecule has 1 aliphatic heterocycles. The molecule has 0 saturated carbocycles. The van der Waals surface area contributed by atoms with E-state index in [-0.39, 0.29) is 36.4 Å². The summed E-state index contributed by atoms with van der Waals surface area (Å²) in [5.74, 6) is 0.815. The highest BCUT2D eigenvalue weighted by Crippen LogP contribution is 2.19. The largest absolute Gasteiger partial charge is 0.356 e. The van der Waals surface area contributed by atoms with E-state index in [9.17, 15) is 4.79 Å². The Hall–Kier alpha value is -2.88. The minimum absolute atomic E-state index is 0. The van der Waals surface area contributed by atoms with Gasteiger partial charge in [-0.3, -0.25) is 9.48 Å². The maximum absolute atomic E-state index is 12.2. The second kappa shape index (κ2) is 11.7. The SMILES string of the molecule is CCNC(=NCc1cccc(NC(=O)Cn2cccn2)c1)N1CCc2ccccc2C1.I. The van der Waals surface area contributed by atoms with Crippen LogP contribution in [0, 0.1) is 0 Å². The van der Waals surface area contributed by atoms with Gasteiger partial charge in [0, 0.05) is 37.7 Å². The third-order valence-electron chi connectivity index (χ3n) is 5.25. The van der Waals surface area contributed by atoms with Crippen LogP contribution in [0.2, 0.25) is 0 Å². The number of nitrogens with one attached hydrogen (secondary N) is 2. The van der Waals surface area contributed by atoms with E-state index in [0.29, 0.717) is 6.54 Å². The zero-order valence-electron chi connectivity index (χ0n) is 18.2. The van der Waals surface area contributed by atoms with Crippen molar-refractivity contribution in [3.8, 4) is 0 Å². The zero-order chi connectivity index (χ0) is 21.5. The van der Waals surface area contributed by atoms with Crippen LogP contribution in [0.4, 0.5) is 5.69 Å². The summed E-state index contributed by atoms with van der Waals surface area (Å²) in [5.41, 5.74) is 4.60. The van der Waals surface area contributed by atoms with Gasteiger partial charge in [-0.15, -0.1) is 24.0 Å². The normalized spacial score (nSPS) is 13.2. The predicted octanol–water partition coefficient (Wildman–Crippen LogP) is 3.66. The molecule has 0 aliphatic carbocycles. The number of fused-ring (bicyclic) bond motifs is 1. The lowest BCUT2D eigenvalue weighted by Crippen LogP contribution is -2.44. The molecule has 2 aromatic carbocycles. The quantitative estimate of drug-likeness (QED) is 0.282. The first-order valence-electron chi connectivity index (χ1n) is 10.7. The molecule has 2 N–H and O–H groups in total. The number of guanidine groups is 1. The molecular formula is C24H29IN6O. The van der Waals surface area contributed by atoms with Gasteiger partial charge >= 0.3 is 0 Å². The van der Waals surface area contributed by atoms with Crippen LogP contribution in [-0.4, -0.2) is 39.6 Å². The molecule has 1 amide bonds. The molecule has 0 spiro atoms. The van der Waals surface area contributed by atoms with E-state index in [1.54, 1.807) is 23.1 Å². The van der Waals surface area contributed by atoms with Gasteiger partial charge in [0.25, 0.3) is 0 Å². The average molecular weight is 544 g/mol. The fourth-order valence-corrected chi connectivity index (χ4v) is 3.76. The number of hydrogen-bond acceptors (Lipinski definition) is 3. The van der Waals surface area contributed by atoms with Gasteiger partial charge in [0.15, 0.2) is 5.96 Å². The fourth-order valence-electron chi connectivity index (χ4n) is 3.76. The fraction of sp³-hybridized carbons (Fsp3) is 0.292. The molecule has 0 atom stereocenters. The average Bonchev–Trinajstić information content (AvgIpc) is 3.29. The summed E-state index contributed by atoms with van der Waals surface area (Å²) >= 11 is 0. The highest BCUT2D eigenvalue weighted by atomic mass is 127. The van der Waals surface area contributed by atoms with E-state index in [1.165, 1.54) is 11.1 Å². The number of halogens is 1. The summed E-state index contributed by atoms with van der Waals surface area (Å²) < 4.78 is 1.60.